The molecule has 0 radical (unpaired) electrons. The Morgan fingerprint density at radius 3 is 2.55 bits per heavy atom. The number of fused-ring (bicyclic) bond motifs is 1. The summed E-state index contributed by atoms with van der Waals surface area (Å²) in [5.74, 6) is 0.394. The number of piperazine rings is 1. The summed E-state index contributed by atoms with van der Waals surface area (Å²) in [5.41, 5.74) is -0.432. The Bertz CT molecular complexity index is 1780. The number of allylic oxidation sites excluding steroid dienone is 1. The third-order valence-corrected chi connectivity index (χ3v) is 7.57. The van der Waals surface area contributed by atoms with E-state index in [0.717, 1.165) is 55.1 Å². The van der Waals surface area contributed by atoms with Crippen molar-refractivity contribution in [2.24, 2.45) is 0 Å². The van der Waals surface area contributed by atoms with Gasteiger partial charge in [-0.15, -0.1) is 0 Å². The molecular weight excluding hydrogens is 569 g/mol. The second-order valence-corrected chi connectivity index (χ2v) is 11.6. The zero-order chi connectivity index (χ0) is 31.6. The van der Waals surface area contributed by atoms with E-state index in [9.17, 15) is 24.2 Å². The molecule has 4 N–H and O–H groups in total. The van der Waals surface area contributed by atoms with Crippen LogP contribution in [0.25, 0.3) is 16.9 Å². The maximum absolute atomic E-state index is 14.1. The summed E-state index contributed by atoms with van der Waals surface area (Å²) in [5, 5.41) is 23.1. The third-order valence-electron chi connectivity index (χ3n) is 7.57. The van der Waals surface area contributed by atoms with Crippen LogP contribution in [-0.2, 0) is 18.6 Å². The van der Waals surface area contributed by atoms with Gasteiger partial charge in [-0.2, -0.15) is 4.98 Å². The summed E-state index contributed by atoms with van der Waals surface area (Å²) in [7, 11) is 2.10. The lowest BCUT2D eigenvalue weighted by molar-refractivity contribution is 0.0737. The zero-order valence-corrected chi connectivity index (χ0v) is 25.2. The summed E-state index contributed by atoms with van der Waals surface area (Å²) >= 11 is 0. The van der Waals surface area contributed by atoms with E-state index >= 15 is 0 Å². The summed E-state index contributed by atoms with van der Waals surface area (Å²) in [4.78, 5) is 47.2. The standard InChI is InChI=1S/C30H38FN9O4/c1-19(31)18-39-28(43)23-17-33-29(36-27(23)40(39)25-15-22(42)14-24(35-25)30(2,3)44)34-21-13-20(7-5-6-12-41)26(32-16-21)38-10-8-37(4)9-11-38/h13-17,41,44H,1,5-12,18H2,2-4H3,(H,35,42)(H,33,34,36). The molecule has 0 amide bonds. The quantitative estimate of drug-likeness (QED) is 0.186. The fraction of sp³-hybridized carbons (Fsp3) is 0.433. The molecule has 1 aliphatic heterocycles. The Morgan fingerprint density at radius 2 is 1.86 bits per heavy atom. The Hall–Kier alpha value is -4.40. The van der Waals surface area contributed by atoms with E-state index in [1.54, 1.807) is 6.20 Å². The van der Waals surface area contributed by atoms with Crippen molar-refractivity contribution in [1.29, 1.82) is 0 Å². The van der Waals surface area contributed by atoms with E-state index in [1.165, 1.54) is 36.9 Å². The molecule has 0 bridgehead atoms. The monoisotopic (exact) mass is 607 g/mol. The molecule has 44 heavy (non-hydrogen) atoms. The number of H-pyrrole nitrogens is 1. The maximum atomic E-state index is 14.1. The van der Waals surface area contributed by atoms with Crippen LogP contribution in [0.2, 0.25) is 0 Å². The fourth-order valence-electron chi connectivity index (χ4n) is 5.23. The molecule has 0 spiro atoms. The van der Waals surface area contributed by atoms with Crippen LogP contribution in [-0.4, -0.2) is 84.2 Å². The van der Waals surface area contributed by atoms with Crippen molar-refractivity contribution >= 4 is 28.5 Å². The number of unbranched alkanes of at least 4 members (excludes halogenated alkanes) is 1. The lowest BCUT2D eigenvalue weighted by Crippen LogP contribution is -2.45. The first-order valence-corrected chi connectivity index (χ1v) is 14.5. The lowest BCUT2D eigenvalue weighted by Gasteiger charge is -2.34. The summed E-state index contributed by atoms with van der Waals surface area (Å²) in [6, 6.07) is 4.48. The van der Waals surface area contributed by atoms with Gasteiger partial charge in [0.1, 0.15) is 22.8 Å². The molecule has 1 fully saturated rings. The average Bonchev–Trinajstić information content (AvgIpc) is 3.23. The molecule has 0 atom stereocenters. The predicted octanol–water partition coefficient (Wildman–Crippen LogP) is 2.19. The molecule has 4 aromatic heterocycles. The van der Waals surface area contributed by atoms with Gasteiger partial charge in [-0.3, -0.25) is 9.59 Å². The van der Waals surface area contributed by atoms with Gasteiger partial charge in [0, 0.05) is 51.1 Å². The second kappa shape index (κ2) is 12.7. The van der Waals surface area contributed by atoms with Crippen LogP contribution in [0.3, 0.4) is 0 Å². The number of aryl methyl sites for hydroxylation is 1. The van der Waals surface area contributed by atoms with Crippen molar-refractivity contribution in [1.82, 2.24) is 34.2 Å². The van der Waals surface area contributed by atoms with Crippen LogP contribution in [0.4, 0.5) is 21.8 Å². The van der Waals surface area contributed by atoms with Crippen LogP contribution in [0.15, 0.2) is 52.6 Å². The Labute approximate surface area is 253 Å². The number of anilines is 3. The fourth-order valence-corrected chi connectivity index (χ4v) is 5.23. The zero-order valence-electron chi connectivity index (χ0n) is 25.2. The van der Waals surface area contributed by atoms with Gasteiger partial charge in [0.2, 0.25) is 5.95 Å². The van der Waals surface area contributed by atoms with Crippen LogP contribution in [0.1, 0.15) is 37.9 Å². The third kappa shape index (κ3) is 6.72. The number of aliphatic hydroxyl groups is 2. The van der Waals surface area contributed by atoms with E-state index in [0.29, 0.717) is 12.1 Å². The minimum absolute atomic E-state index is 0.0968. The number of nitrogens with one attached hydrogen (secondary N) is 2. The van der Waals surface area contributed by atoms with Crippen molar-refractivity contribution in [2.75, 3.05) is 50.1 Å². The van der Waals surface area contributed by atoms with E-state index < -0.39 is 29.0 Å². The van der Waals surface area contributed by atoms with E-state index in [4.69, 9.17) is 4.98 Å². The van der Waals surface area contributed by atoms with Crippen molar-refractivity contribution in [3.05, 3.63) is 74.8 Å². The van der Waals surface area contributed by atoms with Gasteiger partial charge in [-0.05, 0) is 51.8 Å². The number of hydrogen-bond donors (Lipinski definition) is 4. The highest BCUT2D eigenvalue weighted by Gasteiger charge is 2.23. The number of aliphatic hydroxyl groups excluding tert-OH is 1. The first-order valence-electron chi connectivity index (χ1n) is 14.5. The number of halogens is 1. The highest BCUT2D eigenvalue weighted by Crippen LogP contribution is 2.26. The number of likely N-dealkylation sites (N-methyl/N-ethyl adjacent to an activating group) is 1. The molecule has 1 saturated heterocycles. The largest absolute Gasteiger partial charge is 0.396 e. The van der Waals surface area contributed by atoms with Crippen LogP contribution < -0.4 is 21.2 Å². The molecule has 0 aromatic carbocycles. The van der Waals surface area contributed by atoms with Gasteiger partial charge in [-0.25, -0.2) is 23.7 Å². The first-order chi connectivity index (χ1) is 20.9. The summed E-state index contributed by atoms with van der Waals surface area (Å²) in [6.45, 7) is 9.55. The van der Waals surface area contributed by atoms with E-state index in [2.05, 4.69) is 43.7 Å². The number of nitrogens with zero attached hydrogens (tertiary/aromatic N) is 7. The topological polar surface area (TPSA) is 157 Å². The van der Waals surface area contributed by atoms with Gasteiger partial charge in [-0.1, -0.05) is 6.58 Å². The molecular formula is C30H38FN9O4. The van der Waals surface area contributed by atoms with Crippen LogP contribution >= 0.6 is 0 Å². The molecule has 0 saturated carbocycles. The molecule has 234 valence electrons. The molecule has 0 unspecified atom stereocenters. The van der Waals surface area contributed by atoms with E-state index in [-0.39, 0.29) is 35.1 Å². The van der Waals surface area contributed by atoms with E-state index in [1.807, 2.05) is 6.07 Å². The Kier molecular flexibility index (Phi) is 8.95. The molecule has 0 aliphatic carbocycles. The predicted molar refractivity (Wildman–Crippen MR) is 166 cm³/mol. The minimum atomic E-state index is -1.40. The van der Waals surface area contributed by atoms with Crippen LogP contribution in [0.5, 0.6) is 0 Å². The van der Waals surface area contributed by atoms with Gasteiger partial charge in [0.05, 0.1) is 29.7 Å². The smallest absolute Gasteiger partial charge is 0.278 e. The normalized spacial score (nSPS) is 14.4. The summed E-state index contributed by atoms with van der Waals surface area (Å²) in [6.07, 6.45) is 5.24. The molecule has 5 rings (SSSR count). The number of rotatable bonds is 11. The van der Waals surface area contributed by atoms with Gasteiger partial charge >= 0.3 is 0 Å². The Balaban J connectivity index is 1.57. The molecule has 1 aliphatic rings. The number of aromatic amines is 1. The first kappa shape index (κ1) is 31.0. The van der Waals surface area contributed by atoms with Crippen LogP contribution in [0, 0.1) is 0 Å². The van der Waals surface area contributed by atoms with Crippen molar-refractivity contribution in [3.8, 4) is 5.82 Å². The molecule has 13 nitrogen and oxygen atoms in total. The number of hydrogen-bond acceptors (Lipinski definition) is 10. The van der Waals surface area contributed by atoms with Crippen molar-refractivity contribution in [3.63, 3.8) is 0 Å². The van der Waals surface area contributed by atoms with Gasteiger partial charge in [0.15, 0.2) is 11.1 Å². The average molecular weight is 608 g/mol. The Morgan fingerprint density at radius 1 is 1.11 bits per heavy atom. The maximum Gasteiger partial charge on any atom is 0.278 e. The minimum Gasteiger partial charge on any atom is -0.396 e. The SMILES string of the molecule is C=C(F)Cn1c(=O)c2cnc(Nc3cnc(N4CCN(C)CC4)c(CCCCO)c3)nc2n1-c1cc(=O)cc(C(C)(C)O)[nH]1. The second-order valence-electron chi connectivity index (χ2n) is 11.6. The number of aromatic nitrogens is 6. The summed E-state index contributed by atoms with van der Waals surface area (Å²) < 4.78 is 16.4. The van der Waals surface area contributed by atoms with Crippen molar-refractivity contribution < 1.29 is 14.6 Å². The highest BCUT2D eigenvalue weighted by atomic mass is 19.1. The molecule has 5 heterocycles. The lowest BCUT2D eigenvalue weighted by atomic mass is 10.1. The molecule has 4 aromatic rings. The van der Waals surface area contributed by atoms with Gasteiger partial charge < -0.3 is 30.3 Å². The van der Waals surface area contributed by atoms with Crippen molar-refractivity contribution in [2.45, 2.75) is 45.3 Å². The van der Waals surface area contributed by atoms with Gasteiger partial charge in [0.25, 0.3) is 5.56 Å². The number of pyridine rings is 2. The highest BCUT2D eigenvalue weighted by molar-refractivity contribution is 5.77. The molecule has 14 heteroatoms.